The van der Waals surface area contributed by atoms with Crippen molar-refractivity contribution in [3.8, 4) is 0 Å². The largest absolute Gasteiger partial charge is 0.466 e. The van der Waals surface area contributed by atoms with Gasteiger partial charge in [-0.05, 0) is 22.9 Å². The normalized spacial score (nSPS) is 10.2. The highest BCUT2D eigenvalue weighted by molar-refractivity contribution is 9.10. The molecule has 9 heteroatoms. The number of hydrogen-bond acceptors (Lipinski definition) is 6. The lowest BCUT2D eigenvalue weighted by molar-refractivity contribution is -0.386. The molecule has 0 aliphatic carbocycles. The maximum absolute atomic E-state index is 11.7. The van der Waals surface area contributed by atoms with Crippen LogP contribution in [-0.2, 0) is 20.9 Å². The second kappa shape index (κ2) is 7.67. The topological polar surface area (TPSA) is 109 Å². The third-order valence-electron chi connectivity index (χ3n) is 2.49. The number of nitro groups is 1. The average molecular weight is 361 g/mol. The van der Waals surface area contributed by atoms with Gasteiger partial charge >= 0.3 is 11.7 Å². The Kier molecular flexibility index (Phi) is 6.22. The minimum absolute atomic E-state index is 0.00473. The van der Waals surface area contributed by atoms with Gasteiger partial charge in [0.15, 0.2) is 5.78 Å². The molecule has 1 aromatic rings. The molecule has 0 saturated carbocycles. The van der Waals surface area contributed by atoms with Gasteiger partial charge in [0.25, 0.3) is 5.43 Å². The molecule has 1 aromatic heterocycles. The van der Waals surface area contributed by atoms with Crippen molar-refractivity contribution in [2.24, 2.45) is 0 Å². The van der Waals surface area contributed by atoms with E-state index in [2.05, 4.69) is 15.9 Å². The fourth-order valence-corrected chi connectivity index (χ4v) is 2.02. The van der Waals surface area contributed by atoms with Crippen molar-refractivity contribution in [1.82, 2.24) is 4.57 Å². The Labute approximate surface area is 128 Å². The molecule has 0 aliphatic rings. The van der Waals surface area contributed by atoms with Crippen LogP contribution in [0.15, 0.2) is 21.7 Å². The fourth-order valence-electron chi connectivity index (χ4n) is 1.56. The molecular formula is C12H13BrN2O6. The van der Waals surface area contributed by atoms with E-state index >= 15 is 0 Å². The van der Waals surface area contributed by atoms with Gasteiger partial charge < -0.3 is 9.30 Å². The highest BCUT2D eigenvalue weighted by Crippen LogP contribution is 2.11. The number of carbonyl (C=O) groups is 2. The first-order valence-corrected chi connectivity index (χ1v) is 6.85. The Balaban J connectivity index is 2.75. The molecule has 0 N–H and O–H groups in total. The van der Waals surface area contributed by atoms with Crippen LogP contribution in [0.1, 0.15) is 19.8 Å². The van der Waals surface area contributed by atoms with Crippen molar-refractivity contribution < 1.29 is 19.2 Å². The average Bonchev–Trinajstić information content (AvgIpc) is 2.40. The standard InChI is InChI=1S/C12H13BrN2O6/c1-2-21-11(17)4-3-8(16)5-14-6-9(13)12(18)10(7-14)15(19)20/h6-7H,2-5H2,1H3. The summed E-state index contributed by atoms with van der Waals surface area (Å²) in [5, 5.41) is 10.7. The van der Waals surface area contributed by atoms with Gasteiger partial charge in [0.2, 0.25) is 0 Å². The van der Waals surface area contributed by atoms with Crippen molar-refractivity contribution in [2.75, 3.05) is 6.61 Å². The van der Waals surface area contributed by atoms with Gasteiger partial charge in [-0.1, -0.05) is 0 Å². The van der Waals surface area contributed by atoms with Crippen LogP contribution < -0.4 is 5.43 Å². The summed E-state index contributed by atoms with van der Waals surface area (Å²) < 4.78 is 5.92. The lowest BCUT2D eigenvalue weighted by atomic mass is 10.2. The fraction of sp³-hybridized carbons (Fsp3) is 0.417. The van der Waals surface area contributed by atoms with E-state index in [1.165, 1.54) is 10.8 Å². The van der Waals surface area contributed by atoms with Gasteiger partial charge in [-0.2, -0.15) is 0 Å². The molecule has 0 bridgehead atoms. The summed E-state index contributed by atoms with van der Waals surface area (Å²) >= 11 is 2.91. The molecule has 0 radical (unpaired) electrons. The van der Waals surface area contributed by atoms with E-state index in [0.717, 1.165) is 6.20 Å². The summed E-state index contributed by atoms with van der Waals surface area (Å²) in [6.07, 6.45) is 2.21. The smallest absolute Gasteiger partial charge is 0.333 e. The number of ether oxygens (including phenoxy) is 1. The third-order valence-corrected chi connectivity index (χ3v) is 3.05. The van der Waals surface area contributed by atoms with Crippen LogP contribution in [0.3, 0.4) is 0 Å². The molecule has 0 fully saturated rings. The van der Waals surface area contributed by atoms with Gasteiger partial charge in [-0.15, -0.1) is 0 Å². The number of pyridine rings is 1. The van der Waals surface area contributed by atoms with Crippen molar-refractivity contribution in [3.05, 3.63) is 37.2 Å². The summed E-state index contributed by atoms with van der Waals surface area (Å²) in [7, 11) is 0. The number of rotatable bonds is 7. The first kappa shape index (κ1) is 17.0. The molecule has 0 aromatic carbocycles. The number of aromatic nitrogens is 1. The molecule has 1 heterocycles. The SMILES string of the molecule is CCOC(=O)CCC(=O)Cn1cc(Br)c(=O)c([N+](=O)[O-])c1. The molecule has 0 aliphatic heterocycles. The van der Waals surface area contributed by atoms with E-state index in [1.807, 2.05) is 0 Å². The van der Waals surface area contributed by atoms with Crippen molar-refractivity contribution in [3.63, 3.8) is 0 Å². The van der Waals surface area contributed by atoms with Crippen LogP contribution >= 0.6 is 15.9 Å². The van der Waals surface area contributed by atoms with E-state index in [4.69, 9.17) is 4.74 Å². The number of esters is 1. The number of ketones is 1. The monoisotopic (exact) mass is 360 g/mol. The van der Waals surface area contributed by atoms with E-state index in [9.17, 15) is 24.5 Å². The predicted octanol–water partition coefficient (Wildman–Crippen LogP) is 1.43. The lowest BCUT2D eigenvalue weighted by Gasteiger charge is -2.06. The molecule has 114 valence electrons. The molecular weight excluding hydrogens is 348 g/mol. The van der Waals surface area contributed by atoms with Crippen LogP contribution in [0, 0.1) is 10.1 Å². The number of hydrogen-bond donors (Lipinski definition) is 0. The third kappa shape index (κ3) is 5.10. The van der Waals surface area contributed by atoms with Crippen molar-refractivity contribution in [2.45, 2.75) is 26.3 Å². The van der Waals surface area contributed by atoms with E-state index in [1.54, 1.807) is 6.92 Å². The number of nitrogens with zero attached hydrogens (tertiary/aromatic N) is 2. The first-order chi connectivity index (χ1) is 9.85. The Morgan fingerprint density at radius 3 is 2.62 bits per heavy atom. The van der Waals surface area contributed by atoms with E-state index in [0.29, 0.717) is 0 Å². The van der Waals surface area contributed by atoms with Crippen LogP contribution in [0.5, 0.6) is 0 Å². The zero-order valence-electron chi connectivity index (χ0n) is 11.2. The highest BCUT2D eigenvalue weighted by Gasteiger charge is 2.17. The molecule has 0 unspecified atom stereocenters. The number of carbonyl (C=O) groups excluding carboxylic acids is 2. The van der Waals surface area contributed by atoms with Gasteiger partial charge in [-0.3, -0.25) is 24.5 Å². The molecule has 0 amide bonds. The Bertz CT molecular complexity index is 625. The van der Waals surface area contributed by atoms with Gasteiger partial charge in [0.05, 0.1) is 35.2 Å². The summed E-state index contributed by atoms with van der Waals surface area (Å²) in [5.74, 6) is -0.772. The zero-order chi connectivity index (χ0) is 16.0. The van der Waals surface area contributed by atoms with Crippen LogP contribution in [0.25, 0.3) is 0 Å². The van der Waals surface area contributed by atoms with Gasteiger partial charge in [-0.25, -0.2) is 0 Å². The predicted molar refractivity (Wildman–Crippen MR) is 75.9 cm³/mol. The van der Waals surface area contributed by atoms with Crippen molar-refractivity contribution >= 4 is 33.4 Å². The highest BCUT2D eigenvalue weighted by atomic mass is 79.9. The molecule has 0 saturated heterocycles. The molecule has 21 heavy (non-hydrogen) atoms. The van der Waals surface area contributed by atoms with Crippen LogP contribution in [0.4, 0.5) is 5.69 Å². The minimum atomic E-state index is -0.813. The Morgan fingerprint density at radius 2 is 2.05 bits per heavy atom. The Morgan fingerprint density at radius 1 is 1.38 bits per heavy atom. The van der Waals surface area contributed by atoms with E-state index in [-0.39, 0.29) is 36.2 Å². The summed E-state index contributed by atoms with van der Waals surface area (Å²) in [5.41, 5.74) is -1.38. The number of halogens is 1. The Hall–Kier alpha value is -2.03. The second-order valence-electron chi connectivity index (χ2n) is 4.09. The van der Waals surface area contributed by atoms with E-state index < -0.39 is 22.0 Å². The van der Waals surface area contributed by atoms with Crippen LogP contribution in [-0.4, -0.2) is 27.8 Å². The molecule has 8 nitrogen and oxygen atoms in total. The summed E-state index contributed by atoms with van der Waals surface area (Å²) in [6.45, 7) is 1.74. The second-order valence-corrected chi connectivity index (χ2v) is 4.95. The minimum Gasteiger partial charge on any atom is -0.466 e. The summed E-state index contributed by atoms with van der Waals surface area (Å²) in [6, 6.07) is 0. The maximum atomic E-state index is 11.7. The zero-order valence-corrected chi connectivity index (χ0v) is 12.8. The lowest BCUT2D eigenvalue weighted by Crippen LogP contribution is -2.17. The van der Waals surface area contributed by atoms with Crippen LogP contribution in [0.2, 0.25) is 0 Å². The first-order valence-electron chi connectivity index (χ1n) is 6.06. The summed E-state index contributed by atoms with van der Waals surface area (Å²) in [4.78, 5) is 44.2. The van der Waals surface area contributed by atoms with Gasteiger partial charge in [0.1, 0.15) is 0 Å². The maximum Gasteiger partial charge on any atom is 0.333 e. The molecule has 0 atom stereocenters. The van der Waals surface area contributed by atoms with Crippen molar-refractivity contribution in [1.29, 1.82) is 0 Å². The molecule has 1 rings (SSSR count). The van der Waals surface area contributed by atoms with Gasteiger partial charge in [0, 0.05) is 12.6 Å². The molecule has 0 spiro atoms. The quantitative estimate of drug-likeness (QED) is 0.413. The number of Topliss-reactive ketones (excluding diaryl/α,β-unsaturated/α-hetero) is 1.